The van der Waals surface area contributed by atoms with Crippen molar-refractivity contribution in [2.75, 3.05) is 12.8 Å². The van der Waals surface area contributed by atoms with E-state index in [0.29, 0.717) is 22.9 Å². The van der Waals surface area contributed by atoms with Crippen LogP contribution in [0.4, 0.5) is 5.69 Å². The van der Waals surface area contributed by atoms with Crippen molar-refractivity contribution >= 4 is 16.5 Å². The average molecular weight is 303 g/mol. The molecular weight excluding hydrogens is 282 g/mol. The zero-order valence-corrected chi connectivity index (χ0v) is 13.5. The van der Waals surface area contributed by atoms with Crippen LogP contribution >= 0.6 is 0 Å². The van der Waals surface area contributed by atoms with Crippen molar-refractivity contribution < 1.29 is 8.95 Å². The Labute approximate surface area is 128 Å². The minimum atomic E-state index is -0.952. The zero-order chi connectivity index (χ0) is 15.4. The molecule has 2 rings (SSSR count). The molecule has 0 heterocycles. The minimum Gasteiger partial charge on any atom is -0.495 e. The second kappa shape index (κ2) is 6.76. The monoisotopic (exact) mass is 303 g/mol. The topological polar surface area (TPSA) is 52.3 Å². The highest BCUT2D eigenvalue weighted by Gasteiger charge is 2.07. The molecule has 0 aromatic heterocycles. The molecule has 1 atom stereocenters. The minimum absolute atomic E-state index is 0.501. The fraction of sp³-hybridized carbons (Fsp3) is 0.294. The third-order valence-corrected chi connectivity index (χ3v) is 4.54. The van der Waals surface area contributed by atoms with E-state index in [4.69, 9.17) is 10.5 Å². The molecule has 4 heteroatoms. The van der Waals surface area contributed by atoms with Crippen molar-refractivity contribution in [2.24, 2.45) is 0 Å². The number of rotatable bonds is 5. The Morgan fingerprint density at radius 2 is 1.62 bits per heavy atom. The molecule has 2 aromatic rings. The Balaban J connectivity index is 2.06. The lowest BCUT2D eigenvalue weighted by molar-refractivity contribution is 0.417. The summed E-state index contributed by atoms with van der Waals surface area (Å²) >= 11 is 0. The van der Waals surface area contributed by atoms with Gasteiger partial charge in [-0.1, -0.05) is 35.4 Å². The van der Waals surface area contributed by atoms with E-state index >= 15 is 0 Å². The maximum absolute atomic E-state index is 12.3. The predicted molar refractivity (Wildman–Crippen MR) is 88.9 cm³/mol. The predicted octanol–water partition coefficient (Wildman–Crippen LogP) is 3.34. The summed E-state index contributed by atoms with van der Waals surface area (Å²) in [4.78, 5) is 0. The Kier molecular flexibility index (Phi) is 5.02. The summed E-state index contributed by atoms with van der Waals surface area (Å²) in [5, 5.41) is 0. The molecule has 2 N–H and O–H groups in total. The Hall–Kier alpha value is -1.81. The molecule has 2 aromatic carbocycles. The number of ether oxygens (including phenoxy) is 1. The molecule has 0 spiro atoms. The summed E-state index contributed by atoms with van der Waals surface area (Å²) in [6.07, 6.45) is 0. The molecule has 21 heavy (non-hydrogen) atoms. The molecule has 0 aliphatic heterocycles. The summed E-state index contributed by atoms with van der Waals surface area (Å²) in [7, 11) is 0.635. The highest BCUT2D eigenvalue weighted by molar-refractivity contribution is 7.83. The molecule has 0 bridgehead atoms. The molecule has 112 valence electrons. The van der Waals surface area contributed by atoms with Gasteiger partial charge in [-0.3, -0.25) is 4.21 Å². The smallest absolute Gasteiger partial charge is 0.141 e. The van der Waals surface area contributed by atoms with E-state index in [9.17, 15) is 4.21 Å². The molecule has 0 radical (unpaired) electrons. The van der Waals surface area contributed by atoms with Crippen LogP contribution in [0.25, 0.3) is 0 Å². The fourth-order valence-corrected chi connectivity index (χ4v) is 3.64. The molecule has 0 aliphatic carbocycles. The first kappa shape index (κ1) is 15.6. The number of aryl methyl sites for hydroxylation is 2. The van der Waals surface area contributed by atoms with Crippen LogP contribution in [0.15, 0.2) is 36.4 Å². The van der Waals surface area contributed by atoms with E-state index in [0.717, 1.165) is 11.1 Å². The number of methoxy groups -OCH3 is 1. The summed E-state index contributed by atoms with van der Waals surface area (Å²) in [5.41, 5.74) is 11.0. The quantitative estimate of drug-likeness (QED) is 0.862. The molecule has 0 aliphatic rings. The summed E-state index contributed by atoms with van der Waals surface area (Å²) in [6, 6.07) is 11.9. The number of nitrogens with two attached hydrogens (primary N) is 1. The van der Waals surface area contributed by atoms with E-state index in [2.05, 4.69) is 32.0 Å². The first-order valence-electron chi connectivity index (χ1n) is 6.82. The van der Waals surface area contributed by atoms with Crippen LogP contribution in [0, 0.1) is 13.8 Å². The van der Waals surface area contributed by atoms with Gasteiger partial charge in [0.25, 0.3) is 0 Å². The van der Waals surface area contributed by atoms with Gasteiger partial charge < -0.3 is 10.5 Å². The van der Waals surface area contributed by atoms with Crippen LogP contribution in [0.5, 0.6) is 5.75 Å². The molecule has 0 saturated carbocycles. The zero-order valence-electron chi connectivity index (χ0n) is 12.7. The Bertz CT molecular complexity index is 648. The van der Waals surface area contributed by atoms with E-state index in [1.54, 1.807) is 7.11 Å². The van der Waals surface area contributed by atoms with Gasteiger partial charge in [-0.15, -0.1) is 0 Å². The van der Waals surface area contributed by atoms with Gasteiger partial charge in [-0.2, -0.15) is 0 Å². The largest absolute Gasteiger partial charge is 0.495 e. The highest BCUT2D eigenvalue weighted by atomic mass is 32.2. The summed E-state index contributed by atoms with van der Waals surface area (Å²) in [5.74, 6) is 1.72. The summed E-state index contributed by atoms with van der Waals surface area (Å²) < 4.78 is 17.4. The van der Waals surface area contributed by atoms with E-state index in [1.807, 2.05) is 18.2 Å². The average Bonchev–Trinajstić information content (AvgIpc) is 2.37. The van der Waals surface area contributed by atoms with E-state index in [1.165, 1.54) is 11.1 Å². The van der Waals surface area contributed by atoms with Gasteiger partial charge in [-0.25, -0.2) is 0 Å². The van der Waals surface area contributed by atoms with Crippen LogP contribution in [0.3, 0.4) is 0 Å². The first-order chi connectivity index (χ1) is 9.97. The lowest BCUT2D eigenvalue weighted by atomic mass is 10.1. The van der Waals surface area contributed by atoms with Gasteiger partial charge in [0.2, 0.25) is 0 Å². The molecule has 3 nitrogen and oxygen atoms in total. The van der Waals surface area contributed by atoms with Gasteiger partial charge in [0.15, 0.2) is 0 Å². The molecule has 0 amide bonds. The van der Waals surface area contributed by atoms with Crippen molar-refractivity contribution in [2.45, 2.75) is 25.4 Å². The van der Waals surface area contributed by atoms with Gasteiger partial charge in [0, 0.05) is 22.3 Å². The molecule has 1 unspecified atom stereocenters. The maximum atomic E-state index is 12.3. The van der Waals surface area contributed by atoms with Crippen molar-refractivity contribution in [1.29, 1.82) is 0 Å². The van der Waals surface area contributed by atoms with Gasteiger partial charge in [0.05, 0.1) is 12.8 Å². The number of benzene rings is 2. The van der Waals surface area contributed by atoms with Crippen molar-refractivity contribution in [1.82, 2.24) is 0 Å². The number of hydrogen-bond donors (Lipinski definition) is 1. The second-order valence-electron chi connectivity index (χ2n) is 5.30. The van der Waals surface area contributed by atoms with Crippen LogP contribution in [0.1, 0.15) is 22.3 Å². The third kappa shape index (κ3) is 4.33. The van der Waals surface area contributed by atoms with Gasteiger partial charge in [0.1, 0.15) is 5.75 Å². The molecule has 0 saturated heterocycles. The molecule has 0 fully saturated rings. The van der Waals surface area contributed by atoms with Gasteiger partial charge in [-0.05, 0) is 37.1 Å². The van der Waals surface area contributed by atoms with E-state index < -0.39 is 10.8 Å². The lowest BCUT2D eigenvalue weighted by Crippen LogP contribution is -2.01. The number of hydrogen-bond acceptors (Lipinski definition) is 3. The lowest BCUT2D eigenvalue weighted by Gasteiger charge is -2.08. The second-order valence-corrected chi connectivity index (χ2v) is 6.76. The third-order valence-electron chi connectivity index (χ3n) is 3.23. The van der Waals surface area contributed by atoms with E-state index in [-0.39, 0.29) is 0 Å². The standard InChI is InChI=1S/C17H21NO2S/c1-12-6-13(2)8-15(7-12)11-21(19)10-14-4-5-17(20-3)16(18)9-14/h4-9H,10-11,18H2,1-3H3. The fourth-order valence-electron chi connectivity index (χ4n) is 2.45. The van der Waals surface area contributed by atoms with Crippen LogP contribution in [-0.4, -0.2) is 11.3 Å². The van der Waals surface area contributed by atoms with Crippen LogP contribution < -0.4 is 10.5 Å². The number of nitrogen functional groups attached to an aromatic ring is 1. The summed E-state index contributed by atoms with van der Waals surface area (Å²) in [6.45, 7) is 4.12. The molecular formula is C17H21NO2S. The first-order valence-corrected chi connectivity index (χ1v) is 8.31. The van der Waals surface area contributed by atoms with Gasteiger partial charge >= 0.3 is 0 Å². The Morgan fingerprint density at radius 3 is 2.19 bits per heavy atom. The number of anilines is 1. The van der Waals surface area contributed by atoms with Crippen LogP contribution in [-0.2, 0) is 22.3 Å². The normalized spacial score (nSPS) is 12.1. The Morgan fingerprint density at radius 1 is 1.00 bits per heavy atom. The van der Waals surface area contributed by atoms with Crippen LogP contribution in [0.2, 0.25) is 0 Å². The SMILES string of the molecule is COc1ccc(CS(=O)Cc2cc(C)cc(C)c2)cc1N. The maximum Gasteiger partial charge on any atom is 0.141 e. The van der Waals surface area contributed by atoms with Crippen molar-refractivity contribution in [3.05, 3.63) is 58.7 Å². The van der Waals surface area contributed by atoms with Crippen molar-refractivity contribution in [3.8, 4) is 5.75 Å². The van der Waals surface area contributed by atoms with Crippen molar-refractivity contribution in [3.63, 3.8) is 0 Å². The highest BCUT2D eigenvalue weighted by Crippen LogP contribution is 2.23.